The number of nitrogens with one attached hydrogen (secondary N) is 1. The summed E-state index contributed by atoms with van der Waals surface area (Å²) >= 11 is 1.57. The minimum absolute atomic E-state index is 0.0763. The van der Waals surface area contributed by atoms with Crippen molar-refractivity contribution in [3.05, 3.63) is 20.8 Å². The zero-order valence-electron chi connectivity index (χ0n) is 13.8. The molecule has 0 saturated heterocycles. The Bertz CT molecular complexity index is 795. The molecule has 6 nitrogen and oxygen atoms in total. The normalized spacial score (nSPS) is 18.7. The molecule has 124 valence electrons. The Hall–Kier alpha value is -1.76. The predicted octanol–water partition coefficient (Wildman–Crippen LogP) is 1.89. The van der Waals surface area contributed by atoms with E-state index in [0.29, 0.717) is 16.1 Å². The quantitative estimate of drug-likeness (QED) is 0.926. The molecule has 2 aromatic rings. The van der Waals surface area contributed by atoms with Gasteiger partial charge in [0.25, 0.3) is 5.56 Å². The highest BCUT2D eigenvalue weighted by Crippen LogP contribution is 2.35. The lowest BCUT2D eigenvalue weighted by Gasteiger charge is -2.17. The maximum atomic E-state index is 12.7. The lowest BCUT2D eigenvalue weighted by atomic mass is 9.89. The van der Waals surface area contributed by atoms with Gasteiger partial charge in [0.1, 0.15) is 6.54 Å². The zero-order valence-corrected chi connectivity index (χ0v) is 14.6. The average Bonchev–Trinajstić information content (AvgIpc) is 2.88. The van der Waals surface area contributed by atoms with Gasteiger partial charge < -0.3 is 5.32 Å². The van der Waals surface area contributed by atoms with Crippen molar-refractivity contribution in [3.8, 4) is 0 Å². The third kappa shape index (κ3) is 3.15. The van der Waals surface area contributed by atoms with E-state index < -0.39 is 0 Å². The summed E-state index contributed by atoms with van der Waals surface area (Å²) in [6.45, 7) is 6.09. The fourth-order valence-electron chi connectivity index (χ4n) is 2.95. The smallest absolute Gasteiger partial charge is 0.279 e. The van der Waals surface area contributed by atoms with Gasteiger partial charge in [0, 0.05) is 10.9 Å². The number of thiophene rings is 1. The molecule has 3 rings (SSSR count). The second kappa shape index (κ2) is 6.39. The monoisotopic (exact) mass is 334 g/mol. The molecule has 1 aliphatic carbocycles. The van der Waals surface area contributed by atoms with E-state index in [1.54, 1.807) is 11.3 Å². The van der Waals surface area contributed by atoms with E-state index >= 15 is 0 Å². The molecule has 0 radical (unpaired) electrons. The van der Waals surface area contributed by atoms with Gasteiger partial charge in [-0.15, -0.1) is 16.4 Å². The van der Waals surface area contributed by atoms with Gasteiger partial charge in [-0.05, 0) is 44.1 Å². The van der Waals surface area contributed by atoms with Crippen molar-refractivity contribution in [2.24, 2.45) is 5.92 Å². The zero-order chi connectivity index (χ0) is 16.6. The molecular formula is C16H22N4O2S. The molecule has 1 N–H and O–H groups in total. The van der Waals surface area contributed by atoms with Gasteiger partial charge in [0.15, 0.2) is 4.83 Å². The van der Waals surface area contributed by atoms with Crippen molar-refractivity contribution < 1.29 is 4.79 Å². The number of carbonyl (C=O) groups excluding carboxylic acids is 1. The molecule has 0 saturated carbocycles. The minimum atomic E-state index is -0.201. The number of nitrogens with zero attached hydrogens (tertiary/aromatic N) is 3. The molecule has 1 aliphatic rings. The molecule has 1 amide bonds. The Morgan fingerprint density at radius 1 is 1.52 bits per heavy atom. The summed E-state index contributed by atoms with van der Waals surface area (Å²) in [6.07, 6.45) is 3.86. The van der Waals surface area contributed by atoms with Crippen molar-refractivity contribution in [2.75, 3.05) is 0 Å². The number of carbonyl (C=O) groups is 1. The van der Waals surface area contributed by atoms with Crippen LogP contribution < -0.4 is 10.9 Å². The maximum absolute atomic E-state index is 12.7. The number of amides is 1. The molecule has 0 aliphatic heterocycles. The van der Waals surface area contributed by atoms with Gasteiger partial charge in [-0.3, -0.25) is 9.59 Å². The van der Waals surface area contributed by atoms with Crippen LogP contribution in [0, 0.1) is 5.92 Å². The fourth-order valence-corrected chi connectivity index (χ4v) is 4.27. The van der Waals surface area contributed by atoms with E-state index in [2.05, 4.69) is 22.6 Å². The summed E-state index contributed by atoms with van der Waals surface area (Å²) in [5.41, 5.74) is 0.931. The van der Waals surface area contributed by atoms with Gasteiger partial charge in [-0.1, -0.05) is 19.1 Å². The highest BCUT2D eigenvalue weighted by atomic mass is 32.1. The van der Waals surface area contributed by atoms with E-state index in [0.717, 1.165) is 31.2 Å². The van der Waals surface area contributed by atoms with Crippen molar-refractivity contribution in [1.29, 1.82) is 0 Å². The Morgan fingerprint density at radius 3 is 3.04 bits per heavy atom. The largest absolute Gasteiger partial charge is 0.352 e. The SMILES string of the molecule is CC[C@H](C)NC(=O)Cn1nnc2sc3c(c2c1=O)CC[C@@H](C)C3. The van der Waals surface area contributed by atoms with E-state index in [9.17, 15) is 9.59 Å². The van der Waals surface area contributed by atoms with Crippen LogP contribution in [0.2, 0.25) is 0 Å². The van der Waals surface area contributed by atoms with E-state index in [1.165, 1.54) is 9.56 Å². The summed E-state index contributed by atoms with van der Waals surface area (Å²) in [6, 6.07) is 0.0882. The second-order valence-corrected chi connectivity index (χ2v) is 7.54. The van der Waals surface area contributed by atoms with Gasteiger partial charge in [-0.25, -0.2) is 4.68 Å². The van der Waals surface area contributed by atoms with Crippen molar-refractivity contribution in [3.63, 3.8) is 0 Å². The topological polar surface area (TPSA) is 76.9 Å². The highest BCUT2D eigenvalue weighted by Gasteiger charge is 2.24. The number of hydrogen-bond acceptors (Lipinski definition) is 5. The summed E-state index contributed by atoms with van der Waals surface area (Å²) in [7, 11) is 0. The average molecular weight is 334 g/mol. The predicted molar refractivity (Wildman–Crippen MR) is 90.8 cm³/mol. The first-order valence-electron chi connectivity index (χ1n) is 8.17. The van der Waals surface area contributed by atoms with Crippen LogP contribution >= 0.6 is 11.3 Å². The van der Waals surface area contributed by atoms with Crippen LogP contribution in [0.1, 0.15) is 44.1 Å². The summed E-state index contributed by atoms with van der Waals surface area (Å²) in [5, 5.41) is 11.6. The summed E-state index contributed by atoms with van der Waals surface area (Å²) in [4.78, 5) is 26.7. The number of rotatable bonds is 4. The molecule has 2 aromatic heterocycles. The van der Waals surface area contributed by atoms with Crippen LogP contribution in [0.3, 0.4) is 0 Å². The number of aromatic nitrogens is 3. The van der Waals surface area contributed by atoms with Crippen molar-refractivity contribution in [1.82, 2.24) is 20.3 Å². The fraction of sp³-hybridized carbons (Fsp3) is 0.625. The van der Waals surface area contributed by atoms with Gasteiger partial charge in [-0.2, -0.15) is 0 Å². The van der Waals surface area contributed by atoms with Gasteiger partial charge in [0.2, 0.25) is 5.91 Å². The van der Waals surface area contributed by atoms with Crippen LogP contribution in [-0.4, -0.2) is 26.9 Å². The molecule has 0 aromatic carbocycles. The van der Waals surface area contributed by atoms with Crippen LogP contribution in [0.25, 0.3) is 10.2 Å². The van der Waals surface area contributed by atoms with Crippen molar-refractivity contribution in [2.45, 2.75) is 59.0 Å². The summed E-state index contributed by atoms with van der Waals surface area (Å²) < 4.78 is 1.19. The Balaban J connectivity index is 1.93. The lowest BCUT2D eigenvalue weighted by Crippen LogP contribution is -2.38. The van der Waals surface area contributed by atoms with Crippen LogP contribution in [0.15, 0.2) is 4.79 Å². The third-order valence-electron chi connectivity index (χ3n) is 4.50. The molecule has 0 spiro atoms. The van der Waals surface area contributed by atoms with Crippen molar-refractivity contribution >= 4 is 27.5 Å². The molecule has 0 unspecified atom stereocenters. The van der Waals surface area contributed by atoms with Crippen LogP contribution in [-0.2, 0) is 24.2 Å². The molecule has 2 atom stereocenters. The second-order valence-electron chi connectivity index (χ2n) is 6.46. The van der Waals surface area contributed by atoms with Gasteiger partial charge >= 0.3 is 0 Å². The lowest BCUT2D eigenvalue weighted by molar-refractivity contribution is -0.122. The summed E-state index contributed by atoms with van der Waals surface area (Å²) in [5.74, 6) is 0.444. The highest BCUT2D eigenvalue weighted by molar-refractivity contribution is 7.18. The van der Waals surface area contributed by atoms with Crippen LogP contribution in [0.4, 0.5) is 0 Å². The minimum Gasteiger partial charge on any atom is -0.352 e. The first-order chi connectivity index (χ1) is 11.0. The first-order valence-corrected chi connectivity index (χ1v) is 8.98. The van der Waals surface area contributed by atoms with E-state index in [4.69, 9.17) is 0 Å². The molecular weight excluding hydrogens is 312 g/mol. The Morgan fingerprint density at radius 2 is 2.30 bits per heavy atom. The maximum Gasteiger partial charge on any atom is 0.279 e. The third-order valence-corrected chi connectivity index (χ3v) is 5.64. The number of hydrogen-bond donors (Lipinski definition) is 1. The molecule has 7 heteroatoms. The standard InChI is InChI=1S/C16H22N4O2S/c1-4-10(3)17-13(21)8-20-16(22)14-11-6-5-9(2)7-12(11)23-15(14)18-19-20/h9-10H,4-8H2,1-3H3,(H,17,21)/t9-,10+/m1/s1. The molecule has 0 fully saturated rings. The number of aryl methyl sites for hydroxylation is 1. The van der Waals surface area contributed by atoms with E-state index in [1.807, 2.05) is 13.8 Å². The van der Waals surface area contributed by atoms with Gasteiger partial charge in [0.05, 0.1) is 5.39 Å². The van der Waals surface area contributed by atoms with Crippen LogP contribution in [0.5, 0.6) is 0 Å². The Labute approximate surface area is 138 Å². The Kier molecular flexibility index (Phi) is 4.48. The molecule has 0 bridgehead atoms. The molecule has 23 heavy (non-hydrogen) atoms. The molecule has 2 heterocycles. The van der Waals surface area contributed by atoms with E-state index in [-0.39, 0.29) is 24.1 Å². The number of fused-ring (bicyclic) bond motifs is 3. The first kappa shape index (κ1) is 16.1.